The molecule has 10 heteroatoms. The Morgan fingerprint density at radius 3 is 2.44 bits per heavy atom. The van der Waals surface area contributed by atoms with E-state index in [1.54, 1.807) is 60.7 Å². The molecule has 0 radical (unpaired) electrons. The van der Waals surface area contributed by atoms with Crippen molar-refractivity contribution in [1.82, 2.24) is 4.90 Å². The number of carbonyl (C=O) groups excluding carboxylic acids is 4. The number of benzene rings is 2. The first-order valence-electron chi connectivity index (χ1n) is 9.93. The van der Waals surface area contributed by atoms with Crippen LogP contribution in [0.15, 0.2) is 70.0 Å². The molecule has 2 heterocycles. The zero-order chi connectivity index (χ0) is 24.2. The van der Waals surface area contributed by atoms with Crippen molar-refractivity contribution in [2.24, 2.45) is 0 Å². The third-order valence-electron chi connectivity index (χ3n) is 4.79. The Kier molecular flexibility index (Phi) is 6.85. The second-order valence-electron chi connectivity index (χ2n) is 7.09. The summed E-state index contributed by atoms with van der Waals surface area (Å²) in [7, 11) is 1.31. The predicted octanol–water partition coefficient (Wildman–Crippen LogP) is 5.06. The van der Waals surface area contributed by atoms with Gasteiger partial charge in [-0.15, -0.1) is 0 Å². The Labute approximate surface area is 203 Å². The number of anilines is 1. The largest absolute Gasteiger partial charge is 0.465 e. The number of imide groups is 1. The number of nitrogens with one attached hydrogen (secondary N) is 1. The average molecular weight is 497 g/mol. The van der Waals surface area contributed by atoms with Gasteiger partial charge >= 0.3 is 5.97 Å². The zero-order valence-corrected chi connectivity index (χ0v) is 19.3. The molecule has 0 saturated carbocycles. The molecule has 8 nitrogen and oxygen atoms in total. The molecular formula is C24H17ClN2O6S. The third kappa shape index (κ3) is 5.22. The molecule has 4 rings (SSSR count). The highest BCUT2D eigenvalue weighted by molar-refractivity contribution is 8.18. The van der Waals surface area contributed by atoms with E-state index in [2.05, 4.69) is 10.1 Å². The summed E-state index contributed by atoms with van der Waals surface area (Å²) in [5.74, 6) is -0.653. The number of hydrogen-bond donors (Lipinski definition) is 1. The summed E-state index contributed by atoms with van der Waals surface area (Å²) < 4.78 is 10.4. The third-order valence-corrected chi connectivity index (χ3v) is 5.95. The molecule has 172 valence electrons. The number of ether oxygens (including phenoxy) is 1. The second kappa shape index (κ2) is 9.98. The van der Waals surface area contributed by atoms with E-state index in [4.69, 9.17) is 16.0 Å². The van der Waals surface area contributed by atoms with Gasteiger partial charge in [-0.25, -0.2) is 4.79 Å². The van der Waals surface area contributed by atoms with Gasteiger partial charge in [0, 0.05) is 22.3 Å². The molecule has 1 saturated heterocycles. The van der Waals surface area contributed by atoms with Crippen LogP contribution in [0, 0.1) is 0 Å². The van der Waals surface area contributed by atoms with Crippen LogP contribution in [-0.2, 0) is 14.3 Å². The summed E-state index contributed by atoms with van der Waals surface area (Å²) in [4.78, 5) is 49.9. The number of esters is 1. The minimum absolute atomic E-state index is 0.145. The molecule has 0 aliphatic carbocycles. The van der Waals surface area contributed by atoms with Gasteiger partial charge in [0.2, 0.25) is 5.91 Å². The maximum Gasteiger partial charge on any atom is 0.337 e. The van der Waals surface area contributed by atoms with Gasteiger partial charge in [-0.05, 0) is 60.3 Å². The predicted molar refractivity (Wildman–Crippen MR) is 128 cm³/mol. The number of rotatable bonds is 6. The second-order valence-corrected chi connectivity index (χ2v) is 8.52. The molecule has 0 bridgehead atoms. The first-order valence-corrected chi connectivity index (χ1v) is 11.1. The normalized spacial score (nSPS) is 14.5. The molecule has 1 aromatic heterocycles. The van der Waals surface area contributed by atoms with Gasteiger partial charge in [0.1, 0.15) is 18.1 Å². The highest BCUT2D eigenvalue weighted by Crippen LogP contribution is 2.33. The van der Waals surface area contributed by atoms with E-state index in [1.165, 1.54) is 13.2 Å². The Balaban J connectivity index is 1.43. The summed E-state index contributed by atoms with van der Waals surface area (Å²) in [5, 5.41) is 2.59. The van der Waals surface area contributed by atoms with E-state index < -0.39 is 29.6 Å². The number of hydrogen-bond acceptors (Lipinski definition) is 7. The maximum absolute atomic E-state index is 12.7. The van der Waals surface area contributed by atoms with Crippen molar-refractivity contribution in [3.8, 4) is 11.3 Å². The van der Waals surface area contributed by atoms with Crippen LogP contribution in [0.1, 0.15) is 16.1 Å². The van der Waals surface area contributed by atoms with Gasteiger partial charge in [0.05, 0.1) is 17.6 Å². The number of thioether (sulfide) groups is 1. The van der Waals surface area contributed by atoms with Gasteiger partial charge in [0.25, 0.3) is 11.1 Å². The number of carbonyl (C=O) groups is 4. The minimum atomic E-state index is -0.582. The van der Waals surface area contributed by atoms with Gasteiger partial charge in [-0.2, -0.15) is 0 Å². The number of amides is 3. The molecule has 1 fully saturated rings. The lowest BCUT2D eigenvalue weighted by molar-refractivity contribution is -0.127. The number of nitrogens with zero attached hydrogens (tertiary/aromatic N) is 1. The highest BCUT2D eigenvalue weighted by atomic mass is 35.5. The first kappa shape index (κ1) is 23.3. The Bertz CT molecular complexity index is 1300. The summed E-state index contributed by atoms with van der Waals surface area (Å²) in [6, 6.07) is 16.5. The van der Waals surface area contributed by atoms with Crippen molar-refractivity contribution in [2.75, 3.05) is 19.0 Å². The lowest BCUT2D eigenvalue weighted by Crippen LogP contribution is -2.36. The average Bonchev–Trinajstić information content (AvgIpc) is 3.40. The molecule has 2 aromatic carbocycles. The number of halogens is 1. The maximum atomic E-state index is 12.7. The van der Waals surface area contributed by atoms with Crippen LogP contribution in [0.25, 0.3) is 17.4 Å². The van der Waals surface area contributed by atoms with Crippen LogP contribution in [0.4, 0.5) is 10.5 Å². The lowest BCUT2D eigenvalue weighted by Gasteiger charge is -2.12. The standard InChI is InChI=1S/C24H17ClN2O6S/c1-32-23(30)15-4-2-14(3-5-15)19-11-10-18(33-19)12-20-22(29)27(24(31)34-20)13-21(28)26-17-8-6-16(25)7-9-17/h2-12H,13H2,1H3,(H,26,28)/b20-12+. The van der Waals surface area contributed by atoms with Gasteiger partial charge in [0.15, 0.2) is 0 Å². The van der Waals surface area contributed by atoms with Crippen LogP contribution in [0.5, 0.6) is 0 Å². The van der Waals surface area contributed by atoms with Crippen LogP contribution in [0.2, 0.25) is 5.02 Å². The Morgan fingerprint density at radius 1 is 1.06 bits per heavy atom. The van der Waals surface area contributed by atoms with E-state index in [0.717, 1.165) is 22.2 Å². The van der Waals surface area contributed by atoms with Crippen LogP contribution >= 0.6 is 23.4 Å². The molecule has 1 aliphatic heterocycles. The van der Waals surface area contributed by atoms with Gasteiger partial charge < -0.3 is 14.5 Å². The zero-order valence-electron chi connectivity index (χ0n) is 17.7. The summed E-state index contributed by atoms with van der Waals surface area (Å²) in [6.45, 7) is -0.416. The summed E-state index contributed by atoms with van der Waals surface area (Å²) in [6.07, 6.45) is 1.45. The topological polar surface area (TPSA) is 106 Å². The van der Waals surface area contributed by atoms with Crippen molar-refractivity contribution >= 4 is 58.1 Å². The van der Waals surface area contributed by atoms with Crippen molar-refractivity contribution in [3.63, 3.8) is 0 Å². The molecule has 1 aliphatic rings. The quantitative estimate of drug-likeness (QED) is 0.375. The molecule has 1 N–H and O–H groups in total. The van der Waals surface area contributed by atoms with Crippen molar-refractivity contribution in [3.05, 3.63) is 81.9 Å². The SMILES string of the molecule is COC(=O)c1ccc(-c2ccc(/C=C3/SC(=O)N(CC(=O)Nc4ccc(Cl)cc4)C3=O)o2)cc1. The van der Waals surface area contributed by atoms with E-state index in [1.807, 2.05) is 0 Å². The Morgan fingerprint density at radius 2 is 1.76 bits per heavy atom. The Hall–Kier alpha value is -3.82. The van der Waals surface area contributed by atoms with E-state index in [-0.39, 0.29) is 4.91 Å². The number of furan rings is 1. The van der Waals surface area contributed by atoms with Crippen molar-refractivity contribution < 1.29 is 28.3 Å². The number of methoxy groups -OCH3 is 1. The summed E-state index contributed by atoms with van der Waals surface area (Å²) >= 11 is 6.55. The molecule has 3 aromatic rings. The van der Waals surface area contributed by atoms with Crippen molar-refractivity contribution in [1.29, 1.82) is 0 Å². The molecular weight excluding hydrogens is 480 g/mol. The van der Waals surface area contributed by atoms with Gasteiger partial charge in [-0.1, -0.05) is 23.7 Å². The van der Waals surface area contributed by atoms with Crippen LogP contribution in [0.3, 0.4) is 0 Å². The summed E-state index contributed by atoms with van der Waals surface area (Å²) in [5.41, 5.74) is 1.63. The lowest BCUT2D eigenvalue weighted by atomic mass is 10.1. The fraction of sp³-hybridized carbons (Fsp3) is 0.0833. The van der Waals surface area contributed by atoms with Crippen molar-refractivity contribution in [2.45, 2.75) is 0 Å². The molecule has 34 heavy (non-hydrogen) atoms. The van der Waals surface area contributed by atoms with Gasteiger partial charge in [-0.3, -0.25) is 19.3 Å². The molecule has 0 unspecified atom stereocenters. The highest BCUT2D eigenvalue weighted by Gasteiger charge is 2.36. The first-order chi connectivity index (χ1) is 16.3. The van der Waals surface area contributed by atoms with Crippen LogP contribution < -0.4 is 5.32 Å². The smallest absolute Gasteiger partial charge is 0.337 e. The fourth-order valence-electron chi connectivity index (χ4n) is 3.12. The fourth-order valence-corrected chi connectivity index (χ4v) is 4.06. The van der Waals surface area contributed by atoms with E-state index in [9.17, 15) is 19.2 Å². The van der Waals surface area contributed by atoms with E-state index >= 15 is 0 Å². The minimum Gasteiger partial charge on any atom is -0.465 e. The van der Waals surface area contributed by atoms with E-state index in [0.29, 0.717) is 27.8 Å². The molecule has 0 spiro atoms. The molecule has 3 amide bonds. The monoisotopic (exact) mass is 496 g/mol. The molecule has 0 atom stereocenters. The van der Waals surface area contributed by atoms with Crippen LogP contribution in [-0.4, -0.2) is 41.6 Å².